The van der Waals surface area contributed by atoms with Gasteiger partial charge in [0.1, 0.15) is 0 Å². The number of ether oxygens (including phenoxy) is 1. The van der Waals surface area contributed by atoms with E-state index >= 15 is 0 Å². The molecule has 0 spiro atoms. The Kier molecular flexibility index (Phi) is 5.37. The highest BCUT2D eigenvalue weighted by Gasteiger charge is 2.17. The number of halogens is 2. The van der Waals surface area contributed by atoms with Crippen LogP contribution in [-0.4, -0.2) is 13.7 Å². The average Bonchev–Trinajstić information content (AvgIpc) is 2.65. The summed E-state index contributed by atoms with van der Waals surface area (Å²) in [5.41, 5.74) is 9.16. The van der Waals surface area contributed by atoms with Crippen molar-refractivity contribution >= 4 is 11.6 Å². The van der Waals surface area contributed by atoms with E-state index in [1.165, 1.54) is 7.11 Å². The zero-order valence-corrected chi connectivity index (χ0v) is 14.6. The Morgan fingerprint density at radius 2 is 1.72 bits per heavy atom. The monoisotopic (exact) mass is 355 g/mol. The third kappa shape index (κ3) is 3.53. The van der Waals surface area contributed by atoms with Gasteiger partial charge in [-0.25, -0.2) is 4.39 Å². The zero-order chi connectivity index (χ0) is 17.8. The third-order valence-electron chi connectivity index (χ3n) is 4.30. The number of rotatable bonds is 5. The van der Waals surface area contributed by atoms with Crippen LogP contribution in [-0.2, 0) is 0 Å². The standard InChI is InChI=1S/C21H19ClFNO/c1-25-20-9-5-8-16(21(20)23)17-12-15(10-11-19(17)22)18(13-24)14-6-3-2-4-7-14/h2-12,18H,13,24H2,1H3. The molecule has 0 aliphatic carbocycles. The molecule has 0 aliphatic rings. The molecule has 3 rings (SSSR count). The number of benzene rings is 3. The Bertz CT molecular complexity index is 867. The first-order valence-corrected chi connectivity index (χ1v) is 8.40. The SMILES string of the molecule is COc1cccc(-c2cc(C(CN)c3ccccc3)ccc2Cl)c1F. The normalized spacial score (nSPS) is 12.0. The summed E-state index contributed by atoms with van der Waals surface area (Å²) < 4.78 is 19.7. The first kappa shape index (κ1) is 17.5. The topological polar surface area (TPSA) is 35.2 Å². The predicted octanol–water partition coefficient (Wildman–Crippen LogP) is 5.25. The number of methoxy groups -OCH3 is 1. The summed E-state index contributed by atoms with van der Waals surface area (Å²) in [7, 11) is 1.44. The van der Waals surface area contributed by atoms with Gasteiger partial charge in [-0.1, -0.05) is 60.1 Å². The minimum atomic E-state index is -0.423. The minimum absolute atomic E-state index is 0.0193. The molecule has 1 unspecified atom stereocenters. The Hall–Kier alpha value is -2.36. The van der Waals surface area contributed by atoms with E-state index in [0.717, 1.165) is 11.1 Å². The number of hydrogen-bond donors (Lipinski definition) is 1. The summed E-state index contributed by atoms with van der Waals surface area (Å²) in [6, 6.07) is 20.7. The molecule has 3 aromatic rings. The third-order valence-corrected chi connectivity index (χ3v) is 4.63. The molecule has 0 saturated carbocycles. The van der Waals surface area contributed by atoms with Crippen LogP contribution in [0.5, 0.6) is 5.75 Å². The van der Waals surface area contributed by atoms with Crippen molar-refractivity contribution in [2.24, 2.45) is 5.73 Å². The van der Waals surface area contributed by atoms with Crippen molar-refractivity contribution in [3.8, 4) is 16.9 Å². The van der Waals surface area contributed by atoms with Crippen LogP contribution in [0, 0.1) is 5.82 Å². The molecule has 4 heteroatoms. The molecule has 1 atom stereocenters. The van der Waals surface area contributed by atoms with Gasteiger partial charge in [0.05, 0.1) is 7.11 Å². The summed E-state index contributed by atoms with van der Waals surface area (Å²) in [6.45, 7) is 0.450. The number of hydrogen-bond acceptors (Lipinski definition) is 2. The molecule has 2 nitrogen and oxygen atoms in total. The van der Waals surface area contributed by atoms with E-state index in [2.05, 4.69) is 0 Å². The largest absolute Gasteiger partial charge is 0.494 e. The molecule has 25 heavy (non-hydrogen) atoms. The second kappa shape index (κ2) is 7.68. The maximum absolute atomic E-state index is 14.7. The summed E-state index contributed by atoms with van der Waals surface area (Å²) >= 11 is 6.35. The van der Waals surface area contributed by atoms with Gasteiger partial charge < -0.3 is 10.5 Å². The number of nitrogens with two attached hydrogens (primary N) is 1. The average molecular weight is 356 g/mol. The van der Waals surface area contributed by atoms with Crippen LogP contribution in [0.4, 0.5) is 4.39 Å². The van der Waals surface area contributed by atoms with Gasteiger partial charge in [-0.05, 0) is 29.3 Å². The first-order chi connectivity index (χ1) is 12.2. The molecule has 0 aromatic heterocycles. The molecule has 0 aliphatic heterocycles. The van der Waals surface area contributed by atoms with Crippen molar-refractivity contribution in [2.45, 2.75) is 5.92 Å². The van der Waals surface area contributed by atoms with Crippen molar-refractivity contribution in [1.82, 2.24) is 0 Å². The van der Waals surface area contributed by atoms with Gasteiger partial charge in [0, 0.05) is 28.6 Å². The van der Waals surface area contributed by atoms with E-state index in [1.54, 1.807) is 24.3 Å². The molecule has 0 bridgehead atoms. The molecular weight excluding hydrogens is 337 g/mol. The molecule has 0 radical (unpaired) electrons. The van der Waals surface area contributed by atoms with Crippen LogP contribution in [0.1, 0.15) is 17.0 Å². The highest BCUT2D eigenvalue weighted by molar-refractivity contribution is 6.33. The summed E-state index contributed by atoms with van der Waals surface area (Å²) in [4.78, 5) is 0. The second-order valence-electron chi connectivity index (χ2n) is 5.76. The Morgan fingerprint density at radius 1 is 0.960 bits per heavy atom. The first-order valence-electron chi connectivity index (χ1n) is 8.03. The lowest BCUT2D eigenvalue weighted by Crippen LogP contribution is -2.13. The lowest BCUT2D eigenvalue weighted by Gasteiger charge is -2.18. The van der Waals surface area contributed by atoms with E-state index in [-0.39, 0.29) is 11.7 Å². The van der Waals surface area contributed by atoms with Crippen LogP contribution in [0.15, 0.2) is 66.7 Å². The van der Waals surface area contributed by atoms with E-state index in [1.807, 2.05) is 42.5 Å². The molecule has 0 fully saturated rings. The lowest BCUT2D eigenvalue weighted by molar-refractivity contribution is 0.387. The highest BCUT2D eigenvalue weighted by Crippen LogP contribution is 2.36. The maximum atomic E-state index is 14.7. The zero-order valence-electron chi connectivity index (χ0n) is 13.9. The van der Waals surface area contributed by atoms with Crippen LogP contribution in [0.2, 0.25) is 5.02 Å². The van der Waals surface area contributed by atoms with Gasteiger partial charge in [0.2, 0.25) is 0 Å². The van der Waals surface area contributed by atoms with Crippen molar-refractivity contribution < 1.29 is 9.13 Å². The summed E-state index contributed by atoms with van der Waals surface area (Å²) in [5.74, 6) is -0.212. The predicted molar refractivity (Wildman–Crippen MR) is 101 cm³/mol. The van der Waals surface area contributed by atoms with Gasteiger partial charge in [0.25, 0.3) is 0 Å². The lowest BCUT2D eigenvalue weighted by atomic mass is 9.89. The fourth-order valence-corrected chi connectivity index (χ4v) is 3.21. The Morgan fingerprint density at radius 3 is 2.40 bits per heavy atom. The molecule has 3 aromatic carbocycles. The van der Waals surface area contributed by atoms with Gasteiger partial charge in [0.15, 0.2) is 11.6 Å². The van der Waals surface area contributed by atoms with Crippen molar-refractivity contribution in [2.75, 3.05) is 13.7 Å². The van der Waals surface area contributed by atoms with E-state index in [9.17, 15) is 4.39 Å². The van der Waals surface area contributed by atoms with Gasteiger partial charge in [-0.15, -0.1) is 0 Å². The van der Waals surface area contributed by atoms with E-state index in [4.69, 9.17) is 22.1 Å². The van der Waals surface area contributed by atoms with Crippen molar-refractivity contribution in [1.29, 1.82) is 0 Å². The molecule has 128 valence electrons. The fourth-order valence-electron chi connectivity index (χ4n) is 2.99. The molecular formula is C21H19ClFNO. The van der Waals surface area contributed by atoms with E-state index < -0.39 is 5.82 Å². The van der Waals surface area contributed by atoms with Crippen molar-refractivity contribution in [3.63, 3.8) is 0 Å². The van der Waals surface area contributed by atoms with Crippen LogP contribution in [0.25, 0.3) is 11.1 Å². The summed E-state index contributed by atoms with van der Waals surface area (Å²) in [5, 5.41) is 0.486. The van der Waals surface area contributed by atoms with Crippen LogP contribution in [0.3, 0.4) is 0 Å². The van der Waals surface area contributed by atoms with Crippen LogP contribution >= 0.6 is 11.6 Å². The maximum Gasteiger partial charge on any atom is 0.172 e. The van der Waals surface area contributed by atoms with Gasteiger partial charge in [-0.3, -0.25) is 0 Å². The summed E-state index contributed by atoms with van der Waals surface area (Å²) in [6.07, 6.45) is 0. The minimum Gasteiger partial charge on any atom is -0.494 e. The van der Waals surface area contributed by atoms with Crippen molar-refractivity contribution in [3.05, 3.63) is 88.7 Å². The molecule has 0 amide bonds. The molecule has 0 saturated heterocycles. The molecule has 2 N–H and O–H groups in total. The van der Waals surface area contributed by atoms with Crippen LogP contribution < -0.4 is 10.5 Å². The Balaban J connectivity index is 2.10. The quantitative estimate of drug-likeness (QED) is 0.678. The Labute approximate surface area is 152 Å². The fraction of sp³-hybridized carbons (Fsp3) is 0.143. The molecule has 0 heterocycles. The van der Waals surface area contributed by atoms with Gasteiger partial charge in [-0.2, -0.15) is 0 Å². The highest BCUT2D eigenvalue weighted by atomic mass is 35.5. The second-order valence-corrected chi connectivity index (χ2v) is 6.17. The van der Waals surface area contributed by atoms with Gasteiger partial charge >= 0.3 is 0 Å². The smallest absolute Gasteiger partial charge is 0.172 e. The van der Waals surface area contributed by atoms with E-state index in [0.29, 0.717) is 22.7 Å².